The van der Waals surface area contributed by atoms with Crippen LogP contribution in [0.15, 0.2) is 12.4 Å². The number of amides is 2. The van der Waals surface area contributed by atoms with Crippen molar-refractivity contribution in [2.75, 3.05) is 6.61 Å². The molecule has 4 N–H and O–H groups in total. The summed E-state index contributed by atoms with van der Waals surface area (Å²) in [5.41, 5.74) is 7.09. The third kappa shape index (κ3) is 2.91. The zero-order valence-corrected chi connectivity index (χ0v) is 6.61. The van der Waals surface area contributed by atoms with Crippen LogP contribution in [0.3, 0.4) is 0 Å². The van der Waals surface area contributed by atoms with Crippen LogP contribution in [0, 0.1) is 0 Å². The number of nitrogens with one attached hydrogen (secondary N) is 2. The fourth-order valence-electron chi connectivity index (χ4n) is 0.607. The molecular weight excluding hydrogens is 176 g/mol. The lowest BCUT2D eigenvalue weighted by Crippen LogP contribution is -2.29. The maximum Gasteiger partial charge on any atom is 0.278 e. The van der Waals surface area contributed by atoms with E-state index in [9.17, 15) is 9.59 Å². The lowest BCUT2D eigenvalue weighted by molar-refractivity contribution is -0.124. The van der Waals surface area contributed by atoms with Crippen LogP contribution in [0.2, 0.25) is 0 Å². The maximum absolute atomic E-state index is 11.0. The number of nitrogens with two attached hydrogens (primary N) is 1. The van der Waals surface area contributed by atoms with E-state index in [1.54, 1.807) is 0 Å². The van der Waals surface area contributed by atoms with Crippen LogP contribution in [-0.4, -0.2) is 28.6 Å². The third-order valence-corrected chi connectivity index (χ3v) is 1.14. The van der Waals surface area contributed by atoms with E-state index < -0.39 is 11.8 Å². The predicted octanol–water partition coefficient (Wildman–Crippen LogP) is -1.44. The van der Waals surface area contributed by atoms with Crippen LogP contribution >= 0.6 is 0 Å². The smallest absolute Gasteiger partial charge is 0.278 e. The van der Waals surface area contributed by atoms with Gasteiger partial charge in [0.05, 0.1) is 11.8 Å². The molecule has 0 saturated carbocycles. The molecule has 0 saturated heterocycles. The van der Waals surface area contributed by atoms with Crippen LogP contribution in [-0.2, 0) is 9.63 Å². The second-order valence-corrected chi connectivity index (χ2v) is 2.17. The molecule has 1 aromatic rings. The van der Waals surface area contributed by atoms with Crippen molar-refractivity contribution in [1.29, 1.82) is 0 Å². The monoisotopic (exact) mass is 184 g/mol. The van der Waals surface area contributed by atoms with Crippen molar-refractivity contribution in [3.63, 3.8) is 0 Å². The summed E-state index contributed by atoms with van der Waals surface area (Å²) in [6.45, 7) is -0.358. The van der Waals surface area contributed by atoms with Gasteiger partial charge in [-0.1, -0.05) is 0 Å². The number of aromatic nitrogens is 2. The number of hydrogen-bond donors (Lipinski definition) is 3. The fraction of sp³-hybridized carbons (Fsp3) is 0.167. The number of hydroxylamine groups is 1. The van der Waals surface area contributed by atoms with E-state index >= 15 is 0 Å². The minimum Gasteiger partial charge on any atom is -0.368 e. The lowest BCUT2D eigenvalue weighted by atomic mass is 10.4. The Labute approximate surface area is 73.2 Å². The van der Waals surface area contributed by atoms with Gasteiger partial charge in [0.25, 0.3) is 5.91 Å². The molecule has 1 aromatic heterocycles. The standard InChI is InChI=1S/C6H8N4O3/c7-5(11)3-13-10-6(12)4-1-8-9-2-4/h1-2H,3H2,(H2,7,11)(H,8,9)(H,10,12). The number of rotatable bonds is 4. The molecule has 0 fully saturated rings. The van der Waals surface area contributed by atoms with Crippen LogP contribution in [0.5, 0.6) is 0 Å². The van der Waals surface area contributed by atoms with Crippen LogP contribution < -0.4 is 11.2 Å². The van der Waals surface area contributed by atoms with E-state index in [2.05, 4.69) is 15.0 Å². The summed E-state index contributed by atoms with van der Waals surface area (Å²) in [6.07, 6.45) is 2.71. The Morgan fingerprint density at radius 2 is 2.46 bits per heavy atom. The number of primary amides is 1. The van der Waals surface area contributed by atoms with Gasteiger partial charge in [-0.3, -0.25) is 19.5 Å². The molecule has 2 amide bonds. The van der Waals surface area contributed by atoms with E-state index in [0.29, 0.717) is 5.56 Å². The molecule has 0 aliphatic rings. The molecule has 0 radical (unpaired) electrons. The molecule has 1 rings (SSSR count). The number of hydrogen-bond acceptors (Lipinski definition) is 4. The Morgan fingerprint density at radius 1 is 1.69 bits per heavy atom. The highest BCUT2D eigenvalue weighted by Gasteiger charge is 2.05. The van der Waals surface area contributed by atoms with Crippen LogP contribution in [0.4, 0.5) is 0 Å². The van der Waals surface area contributed by atoms with Gasteiger partial charge < -0.3 is 5.73 Å². The Balaban J connectivity index is 2.31. The summed E-state index contributed by atoms with van der Waals surface area (Å²) in [5.74, 6) is -1.15. The van der Waals surface area contributed by atoms with Crippen molar-refractivity contribution in [1.82, 2.24) is 15.7 Å². The van der Waals surface area contributed by atoms with E-state index in [0.717, 1.165) is 0 Å². The molecule has 0 spiro atoms. The first kappa shape index (κ1) is 9.20. The molecule has 0 aromatic carbocycles. The van der Waals surface area contributed by atoms with Gasteiger partial charge in [0.15, 0.2) is 6.61 Å². The number of aromatic amines is 1. The Bertz CT molecular complexity index is 295. The lowest BCUT2D eigenvalue weighted by Gasteiger charge is -2.00. The molecule has 0 aliphatic carbocycles. The number of carbonyl (C=O) groups excluding carboxylic acids is 2. The molecule has 0 aliphatic heterocycles. The Kier molecular flexibility index (Phi) is 2.98. The highest BCUT2D eigenvalue weighted by molar-refractivity contribution is 5.92. The van der Waals surface area contributed by atoms with E-state index in [1.807, 2.05) is 5.48 Å². The summed E-state index contributed by atoms with van der Waals surface area (Å²) in [5, 5.41) is 6.01. The van der Waals surface area contributed by atoms with Gasteiger partial charge in [-0.15, -0.1) is 0 Å². The highest BCUT2D eigenvalue weighted by atomic mass is 16.7. The molecule has 0 atom stereocenters. The van der Waals surface area contributed by atoms with Gasteiger partial charge in [-0.05, 0) is 0 Å². The Morgan fingerprint density at radius 3 is 3.00 bits per heavy atom. The van der Waals surface area contributed by atoms with Gasteiger partial charge in [-0.25, -0.2) is 5.48 Å². The largest absolute Gasteiger partial charge is 0.368 e. The van der Waals surface area contributed by atoms with Gasteiger partial charge in [0.2, 0.25) is 5.91 Å². The molecule has 0 bridgehead atoms. The van der Waals surface area contributed by atoms with E-state index in [-0.39, 0.29) is 6.61 Å². The SMILES string of the molecule is NC(=O)CONC(=O)c1cn[nH]c1. The number of carbonyl (C=O) groups is 2. The van der Waals surface area contributed by atoms with Crippen molar-refractivity contribution in [3.8, 4) is 0 Å². The van der Waals surface area contributed by atoms with Crippen molar-refractivity contribution >= 4 is 11.8 Å². The van der Waals surface area contributed by atoms with Crippen LogP contribution in [0.25, 0.3) is 0 Å². The topological polar surface area (TPSA) is 110 Å². The quantitative estimate of drug-likeness (QED) is 0.497. The van der Waals surface area contributed by atoms with Crippen molar-refractivity contribution in [3.05, 3.63) is 18.0 Å². The minimum atomic E-state index is -0.660. The Hall–Kier alpha value is -1.89. The first-order valence-corrected chi connectivity index (χ1v) is 3.39. The summed E-state index contributed by atoms with van der Waals surface area (Å²) in [4.78, 5) is 25.7. The maximum atomic E-state index is 11.0. The van der Waals surface area contributed by atoms with Gasteiger partial charge in [0.1, 0.15) is 0 Å². The number of H-pyrrole nitrogens is 1. The second-order valence-electron chi connectivity index (χ2n) is 2.17. The zero-order valence-electron chi connectivity index (χ0n) is 6.61. The van der Waals surface area contributed by atoms with Crippen molar-refractivity contribution in [2.24, 2.45) is 5.73 Å². The van der Waals surface area contributed by atoms with Crippen molar-refractivity contribution in [2.45, 2.75) is 0 Å². The first-order valence-electron chi connectivity index (χ1n) is 3.39. The summed E-state index contributed by atoms with van der Waals surface area (Å²) >= 11 is 0. The molecular formula is C6H8N4O3. The highest BCUT2D eigenvalue weighted by Crippen LogP contribution is 1.91. The average molecular weight is 184 g/mol. The molecule has 7 heteroatoms. The number of nitrogens with zero attached hydrogens (tertiary/aromatic N) is 1. The predicted molar refractivity (Wildman–Crippen MR) is 41.2 cm³/mol. The summed E-state index contributed by atoms with van der Waals surface area (Å²) in [7, 11) is 0. The van der Waals surface area contributed by atoms with E-state index in [4.69, 9.17) is 5.73 Å². The summed E-state index contributed by atoms with van der Waals surface area (Å²) < 4.78 is 0. The van der Waals surface area contributed by atoms with Crippen molar-refractivity contribution < 1.29 is 14.4 Å². The fourth-order valence-corrected chi connectivity index (χ4v) is 0.607. The average Bonchev–Trinajstić information content (AvgIpc) is 2.55. The third-order valence-electron chi connectivity index (χ3n) is 1.14. The molecule has 70 valence electrons. The molecule has 7 nitrogen and oxygen atoms in total. The second kappa shape index (κ2) is 4.21. The van der Waals surface area contributed by atoms with Gasteiger partial charge in [0, 0.05) is 6.20 Å². The summed E-state index contributed by atoms with van der Waals surface area (Å²) in [6, 6.07) is 0. The zero-order chi connectivity index (χ0) is 9.68. The molecule has 13 heavy (non-hydrogen) atoms. The minimum absolute atomic E-state index is 0.310. The first-order chi connectivity index (χ1) is 6.20. The van der Waals surface area contributed by atoms with E-state index in [1.165, 1.54) is 12.4 Å². The normalized spacial score (nSPS) is 9.54. The van der Waals surface area contributed by atoms with Gasteiger partial charge >= 0.3 is 0 Å². The van der Waals surface area contributed by atoms with Gasteiger partial charge in [-0.2, -0.15) is 5.10 Å². The molecule has 1 heterocycles. The van der Waals surface area contributed by atoms with Crippen LogP contribution in [0.1, 0.15) is 10.4 Å². The molecule has 0 unspecified atom stereocenters.